The minimum absolute atomic E-state index is 0.577. The molecule has 2 aromatic heterocycles. The van der Waals surface area contributed by atoms with Crippen LogP contribution in [0.1, 0.15) is 0 Å². The van der Waals surface area contributed by atoms with Crippen LogP contribution in [-0.2, 0) is 0 Å². The number of nitrogens with zero attached hydrogens (tertiary/aromatic N) is 2. The van der Waals surface area contributed by atoms with Gasteiger partial charge in [-0.3, -0.25) is 4.98 Å². The number of rotatable bonds is 4. The van der Waals surface area contributed by atoms with Gasteiger partial charge in [-0.25, -0.2) is 4.98 Å². The molecule has 4 heteroatoms. The van der Waals surface area contributed by atoms with E-state index in [1.807, 2.05) is 54.7 Å². The molecule has 0 saturated carbocycles. The molecule has 0 radical (unpaired) electrons. The third kappa shape index (κ3) is 3.87. The molecule has 0 bridgehead atoms. The Labute approximate surface area is 202 Å². The third-order valence-corrected chi connectivity index (χ3v) is 6.14. The number of hydrogen-bond acceptors (Lipinski definition) is 3. The molecule has 0 spiro atoms. The zero-order valence-electron chi connectivity index (χ0n) is 18.2. The zero-order valence-corrected chi connectivity index (χ0v) is 18.9. The molecule has 0 N–H and O–H groups in total. The molecule has 162 valence electrons. The first-order valence-corrected chi connectivity index (χ1v) is 11.4. The number of halogens is 1. The van der Waals surface area contributed by atoms with Crippen molar-refractivity contribution in [2.24, 2.45) is 0 Å². The summed E-state index contributed by atoms with van der Waals surface area (Å²) in [5.74, 6) is 0.577. The summed E-state index contributed by atoms with van der Waals surface area (Å²) >= 11 is 6.07. The molecule has 4 aromatic carbocycles. The van der Waals surface area contributed by atoms with Crippen LogP contribution in [0.25, 0.3) is 55.9 Å². The molecular formula is C30H19ClN2O. The van der Waals surface area contributed by atoms with E-state index in [1.165, 1.54) is 0 Å². The predicted octanol–water partition coefficient (Wildman–Crippen LogP) is 8.54. The Hall–Kier alpha value is -4.21. The normalized spacial score (nSPS) is 11.1. The Balaban J connectivity index is 1.49. The average molecular weight is 459 g/mol. The van der Waals surface area contributed by atoms with Crippen LogP contribution in [0.4, 0.5) is 0 Å². The molecule has 3 nitrogen and oxygen atoms in total. The van der Waals surface area contributed by atoms with Crippen LogP contribution in [0.5, 0.6) is 0 Å². The monoisotopic (exact) mass is 458 g/mol. The standard InChI is InChI=1S/C30H19ClN2O/c31-26-14-12-23(13-15-26)30-33-29-27(22-5-2-1-3-6-22)17-25(18-28(29)34-30)21-10-8-20(9-11-21)24-7-4-16-32-19-24/h1-19H. The van der Waals surface area contributed by atoms with Crippen LogP contribution in [0.15, 0.2) is 120 Å². The van der Waals surface area contributed by atoms with E-state index in [4.69, 9.17) is 21.0 Å². The summed E-state index contributed by atoms with van der Waals surface area (Å²) in [6.07, 6.45) is 3.66. The molecule has 0 saturated heterocycles. The minimum Gasteiger partial charge on any atom is -0.436 e. The van der Waals surface area contributed by atoms with Crippen molar-refractivity contribution in [3.05, 3.63) is 121 Å². The molecule has 0 amide bonds. The molecule has 0 aliphatic rings. The zero-order chi connectivity index (χ0) is 22.9. The first-order chi connectivity index (χ1) is 16.7. The molecular weight excluding hydrogens is 440 g/mol. The maximum absolute atomic E-state index is 6.25. The van der Waals surface area contributed by atoms with Gasteiger partial charge in [0.05, 0.1) is 0 Å². The van der Waals surface area contributed by atoms with Gasteiger partial charge in [0.2, 0.25) is 5.89 Å². The van der Waals surface area contributed by atoms with Crippen molar-refractivity contribution < 1.29 is 4.42 Å². The van der Waals surface area contributed by atoms with Gasteiger partial charge >= 0.3 is 0 Å². The van der Waals surface area contributed by atoms with Crippen LogP contribution in [-0.4, -0.2) is 9.97 Å². The number of oxazole rings is 1. The van der Waals surface area contributed by atoms with Gasteiger partial charge in [-0.2, -0.15) is 0 Å². The van der Waals surface area contributed by atoms with E-state index in [0.29, 0.717) is 10.9 Å². The summed E-state index contributed by atoms with van der Waals surface area (Å²) in [5.41, 5.74) is 9.01. The number of benzene rings is 4. The summed E-state index contributed by atoms with van der Waals surface area (Å²) in [6.45, 7) is 0. The highest BCUT2D eigenvalue weighted by molar-refractivity contribution is 6.30. The molecule has 0 aliphatic carbocycles. The summed E-state index contributed by atoms with van der Waals surface area (Å²) in [4.78, 5) is 9.09. The van der Waals surface area contributed by atoms with E-state index in [0.717, 1.165) is 50.0 Å². The molecule has 2 heterocycles. The fourth-order valence-corrected chi connectivity index (χ4v) is 4.26. The first kappa shape index (κ1) is 20.4. The van der Waals surface area contributed by atoms with Crippen LogP contribution < -0.4 is 0 Å². The highest BCUT2D eigenvalue weighted by Crippen LogP contribution is 2.37. The lowest BCUT2D eigenvalue weighted by molar-refractivity contribution is 0.620. The molecule has 34 heavy (non-hydrogen) atoms. The Kier molecular flexibility index (Phi) is 5.17. The fourth-order valence-electron chi connectivity index (χ4n) is 4.14. The van der Waals surface area contributed by atoms with E-state index in [2.05, 4.69) is 59.6 Å². The van der Waals surface area contributed by atoms with Gasteiger partial charge in [0, 0.05) is 28.5 Å². The second-order valence-electron chi connectivity index (χ2n) is 8.08. The summed E-state index contributed by atoms with van der Waals surface area (Å²) < 4.78 is 6.25. The Morgan fingerprint density at radius 2 is 1.26 bits per heavy atom. The maximum atomic E-state index is 6.25. The van der Waals surface area contributed by atoms with Gasteiger partial charge in [-0.1, -0.05) is 72.3 Å². The molecule has 0 unspecified atom stereocenters. The summed E-state index contributed by atoms with van der Waals surface area (Å²) in [6, 6.07) is 34.6. The summed E-state index contributed by atoms with van der Waals surface area (Å²) in [5, 5.41) is 0.682. The fraction of sp³-hybridized carbons (Fsp3) is 0. The van der Waals surface area contributed by atoms with Gasteiger partial charge in [0.25, 0.3) is 0 Å². The van der Waals surface area contributed by atoms with Crippen molar-refractivity contribution in [2.45, 2.75) is 0 Å². The Bertz CT molecular complexity index is 1570. The first-order valence-electron chi connectivity index (χ1n) is 11.0. The van der Waals surface area contributed by atoms with Gasteiger partial charge < -0.3 is 4.42 Å². The van der Waals surface area contributed by atoms with Crippen molar-refractivity contribution in [1.29, 1.82) is 0 Å². The molecule has 6 aromatic rings. The second-order valence-corrected chi connectivity index (χ2v) is 8.52. The lowest BCUT2D eigenvalue weighted by Crippen LogP contribution is -1.85. The lowest BCUT2D eigenvalue weighted by atomic mass is 9.96. The number of fused-ring (bicyclic) bond motifs is 1. The van der Waals surface area contributed by atoms with E-state index in [9.17, 15) is 0 Å². The quantitative estimate of drug-likeness (QED) is 0.265. The summed E-state index contributed by atoms with van der Waals surface area (Å²) in [7, 11) is 0. The van der Waals surface area contributed by atoms with Crippen LogP contribution in [0, 0.1) is 0 Å². The Morgan fingerprint density at radius 3 is 1.97 bits per heavy atom. The van der Waals surface area contributed by atoms with Crippen molar-refractivity contribution in [3.63, 3.8) is 0 Å². The number of aromatic nitrogens is 2. The molecule has 0 fully saturated rings. The van der Waals surface area contributed by atoms with Crippen molar-refractivity contribution >= 4 is 22.7 Å². The van der Waals surface area contributed by atoms with E-state index < -0.39 is 0 Å². The van der Waals surface area contributed by atoms with Crippen LogP contribution >= 0.6 is 11.6 Å². The molecule has 0 atom stereocenters. The largest absolute Gasteiger partial charge is 0.436 e. The Morgan fingerprint density at radius 1 is 0.588 bits per heavy atom. The van der Waals surface area contributed by atoms with Gasteiger partial charge in [-0.15, -0.1) is 0 Å². The predicted molar refractivity (Wildman–Crippen MR) is 139 cm³/mol. The molecule has 0 aliphatic heterocycles. The second kappa shape index (κ2) is 8.62. The van der Waals surface area contributed by atoms with E-state index in [-0.39, 0.29) is 0 Å². The lowest BCUT2D eigenvalue weighted by Gasteiger charge is -2.08. The maximum Gasteiger partial charge on any atom is 0.227 e. The van der Waals surface area contributed by atoms with Crippen molar-refractivity contribution in [2.75, 3.05) is 0 Å². The smallest absolute Gasteiger partial charge is 0.227 e. The minimum atomic E-state index is 0.577. The number of hydrogen-bond donors (Lipinski definition) is 0. The van der Waals surface area contributed by atoms with Gasteiger partial charge in [-0.05, 0) is 70.3 Å². The van der Waals surface area contributed by atoms with E-state index in [1.54, 1.807) is 6.20 Å². The molecule has 6 rings (SSSR count). The topological polar surface area (TPSA) is 38.9 Å². The highest BCUT2D eigenvalue weighted by atomic mass is 35.5. The van der Waals surface area contributed by atoms with E-state index >= 15 is 0 Å². The SMILES string of the molecule is Clc1ccc(-c2nc3c(-c4ccccc4)cc(-c4ccc(-c5cccnc5)cc4)cc3o2)cc1. The van der Waals surface area contributed by atoms with Crippen LogP contribution in [0.2, 0.25) is 5.02 Å². The van der Waals surface area contributed by atoms with Crippen molar-refractivity contribution in [3.8, 4) is 44.8 Å². The average Bonchev–Trinajstić information content (AvgIpc) is 3.34. The van der Waals surface area contributed by atoms with Crippen LogP contribution in [0.3, 0.4) is 0 Å². The number of pyridine rings is 1. The highest BCUT2D eigenvalue weighted by Gasteiger charge is 2.15. The van der Waals surface area contributed by atoms with Gasteiger partial charge in [0.1, 0.15) is 5.52 Å². The van der Waals surface area contributed by atoms with Gasteiger partial charge in [0.15, 0.2) is 5.58 Å². The van der Waals surface area contributed by atoms with Crippen molar-refractivity contribution in [1.82, 2.24) is 9.97 Å². The third-order valence-electron chi connectivity index (χ3n) is 5.88.